The van der Waals surface area contributed by atoms with Gasteiger partial charge in [0.05, 0.1) is 0 Å². The fraction of sp³-hybridized carbons (Fsp3) is 0.647. The highest BCUT2D eigenvalue weighted by Crippen LogP contribution is 2.39. The van der Waals surface area contributed by atoms with E-state index in [1.54, 1.807) is 12.1 Å². The van der Waals surface area contributed by atoms with E-state index in [-0.39, 0.29) is 5.82 Å². The van der Waals surface area contributed by atoms with Gasteiger partial charge in [0.15, 0.2) is 0 Å². The Labute approximate surface area is 126 Å². The van der Waals surface area contributed by atoms with Gasteiger partial charge < -0.3 is 5.73 Å². The summed E-state index contributed by atoms with van der Waals surface area (Å²) in [6.07, 6.45) is 4.28. The summed E-state index contributed by atoms with van der Waals surface area (Å²) in [5.41, 5.74) is 6.59. The van der Waals surface area contributed by atoms with Crippen molar-refractivity contribution < 1.29 is 4.39 Å². The second-order valence-electron chi connectivity index (χ2n) is 6.48. The van der Waals surface area contributed by atoms with Crippen LogP contribution >= 0.6 is 11.6 Å². The smallest absolute Gasteiger partial charge is 0.127 e. The molecule has 1 saturated carbocycles. The summed E-state index contributed by atoms with van der Waals surface area (Å²) < 4.78 is 14.0. The molecule has 0 radical (unpaired) electrons. The highest BCUT2D eigenvalue weighted by molar-refractivity contribution is 6.31. The molecule has 1 fully saturated rings. The third-order valence-corrected chi connectivity index (χ3v) is 5.31. The molecule has 0 amide bonds. The maximum Gasteiger partial charge on any atom is 0.127 e. The molecular formula is C17H25ClFN. The topological polar surface area (TPSA) is 26.0 Å². The van der Waals surface area contributed by atoms with Gasteiger partial charge in [-0.3, -0.25) is 0 Å². The maximum atomic E-state index is 14.0. The van der Waals surface area contributed by atoms with Crippen molar-refractivity contribution in [3.63, 3.8) is 0 Å². The highest BCUT2D eigenvalue weighted by atomic mass is 35.5. The molecule has 112 valence electrons. The Morgan fingerprint density at radius 2 is 2.05 bits per heavy atom. The van der Waals surface area contributed by atoms with Gasteiger partial charge in [0.25, 0.3) is 0 Å². The normalized spacial score (nSPS) is 27.0. The molecule has 3 heteroatoms. The van der Waals surface area contributed by atoms with Crippen LogP contribution in [-0.2, 0) is 6.42 Å². The first kappa shape index (κ1) is 15.8. The molecule has 1 nitrogen and oxygen atoms in total. The summed E-state index contributed by atoms with van der Waals surface area (Å²) in [5.74, 6) is 2.19. The monoisotopic (exact) mass is 297 g/mol. The van der Waals surface area contributed by atoms with Crippen LogP contribution in [0.3, 0.4) is 0 Å². The Balaban J connectivity index is 2.15. The van der Waals surface area contributed by atoms with Crippen LogP contribution in [0.2, 0.25) is 5.02 Å². The summed E-state index contributed by atoms with van der Waals surface area (Å²) in [4.78, 5) is 0. The van der Waals surface area contributed by atoms with E-state index in [1.807, 2.05) is 0 Å². The molecule has 0 heterocycles. The summed E-state index contributed by atoms with van der Waals surface area (Å²) in [6, 6.07) is 4.95. The minimum Gasteiger partial charge on any atom is -0.330 e. The molecule has 1 aromatic carbocycles. The Morgan fingerprint density at radius 1 is 1.30 bits per heavy atom. The van der Waals surface area contributed by atoms with Crippen molar-refractivity contribution in [2.75, 3.05) is 6.54 Å². The minimum atomic E-state index is -0.181. The van der Waals surface area contributed by atoms with Crippen molar-refractivity contribution in [2.45, 2.75) is 39.5 Å². The van der Waals surface area contributed by atoms with Crippen LogP contribution in [-0.4, -0.2) is 6.54 Å². The van der Waals surface area contributed by atoms with Crippen molar-refractivity contribution in [1.82, 2.24) is 0 Å². The van der Waals surface area contributed by atoms with Crippen LogP contribution in [0.25, 0.3) is 0 Å². The van der Waals surface area contributed by atoms with Crippen molar-refractivity contribution in [1.29, 1.82) is 0 Å². The predicted molar refractivity (Wildman–Crippen MR) is 83.3 cm³/mol. The van der Waals surface area contributed by atoms with Gasteiger partial charge in [-0.1, -0.05) is 31.5 Å². The van der Waals surface area contributed by atoms with E-state index in [0.717, 1.165) is 25.2 Å². The molecule has 1 aliphatic carbocycles. The van der Waals surface area contributed by atoms with Gasteiger partial charge >= 0.3 is 0 Å². The maximum absolute atomic E-state index is 14.0. The molecular weight excluding hydrogens is 273 g/mol. The Morgan fingerprint density at radius 3 is 2.65 bits per heavy atom. The largest absolute Gasteiger partial charge is 0.330 e. The first-order valence-corrected chi connectivity index (χ1v) is 8.03. The van der Waals surface area contributed by atoms with Crippen LogP contribution in [0.5, 0.6) is 0 Å². The summed E-state index contributed by atoms with van der Waals surface area (Å²) in [7, 11) is 0. The molecule has 0 aliphatic heterocycles. The van der Waals surface area contributed by atoms with E-state index >= 15 is 0 Å². The number of nitrogens with two attached hydrogens (primary N) is 1. The fourth-order valence-electron chi connectivity index (χ4n) is 3.52. The van der Waals surface area contributed by atoms with Gasteiger partial charge in [0.2, 0.25) is 0 Å². The van der Waals surface area contributed by atoms with Crippen LogP contribution in [0.1, 0.15) is 38.7 Å². The Kier molecular flexibility index (Phi) is 5.45. The quantitative estimate of drug-likeness (QED) is 0.859. The predicted octanol–water partition coefficient (Wildman–Crippen LogP) is 4.67. The van der Waals surface area contributed by atoms with E-state index in [0.29, 0.717) is 34.9 Å². The van der Waals surface area contributed by atoms with Crippen LogP contribution in [0.15, 0.2) is 18.2 Å². The highest BCUT2D eigenvalue weighted by Gasteiger charge is 2.31. The molecule has 1 aromatic rings. The van der Waals surface area contributed by atoms with E-state index in [4.69, 9.17) is 17.3 Å². The lowest BCUT2D eigenvalue weighted by Crippen LogP contribution is -2.33. The molecule has 3 unspecified atom stereocenters. The van der Waals surface area contributed by atoms with Crippen molar-refractivity contribution in [3.8, 4) is 0 Å². The van der Waals surface area contributed by atoms with E-state index < -0.39 is 0 Å². The Bertz CT molecular complexity index is 426. The lowest BCUT2D eigenvalue weighted by atomic mass is 9.69. The van der Waals surface area contributed by atoms with Crippen LogP contribution in [0.4, 0.5) is 4.39 Å². The number of rotatable bonds is 4. The van der Waals surface area contributed by atoms with Gasteiger partial charge in [-0.2, -0.15) is 0 Å². The molecule has 0 spiro atoms. The molecule has 0 aromatic heterocycles. The summed E-state index contributed by atoms with van der Waals surface area (Å²) in [5, 5.41) is 0.549. The van der Waals surface area contributed by atoms with Crippen molar-refractivity contribution >= 4 is 11.6 Å². The third kappa shape index (κ3) is 3.53. The molecule has 2 rings (SSSR count). The first-order valence-electron chi connectivity index (χ1n) is 7.65. The number of benzene rings is 1. The standard InChI is InChI=1S/C17H25ClFN/c1-11(2)12-6-7-13(10-20)14(8-12)9-15-16(18)4-3-5-17(15)19/h3-5,11-14H,6-10,20H2,1-2H3. The summed E-state index contributed by atoms with van der Waals surface area (Å²) >= 11 is 6.17. The molecule has 2 N–H and O–H groups in total. The van der Waals surface area contributed by atoms with Crippen molar-refractivity contribution in [3.05, 3.63) is 34.6 Å². The molecule has 20 heavy (non-hydrogen) atoms. The molecule has 3 atom stereocenters. The second kappa shape index (κ2) is 6.91. The van der Waals surface area contributed by atoms with Crippen LogP contribution in [0, 0.1) is 29.5 Å². The van der Waals surface area contributed by atoms with Gasteiger partial charge in [-0.15, -0.1) is 0 Å². The second-order valence-corrected chi connectivity index (χ2v) is 6.88. The Hall–Kier alpha value is -0.600. The van der Waals surface area contributed by atoms with Crippen molar-refractivity contribution in [2.24, 2.45) is 29.4 Å². The zero-order chi connectivity index (χ0) is 14.7. The number of halogens is 2. The molecule has 1 aliphatic rings. The van der Waals surface area contributed by atoms with E-state index in [2.05, 4.69) is 13.8 Å². The SMILES string of the molecule is CC(C)C1CCC(CN)C(Cc2c(F)cccc2Cl)C1. The van der Waals surface area contributed by atoms with Crippen LogP contribution < -0.4 is 5.73 Å². The summed E-state index contributed by atoms with van der Waals surface area (Å²) in [6.45, 7) is 5.25. The lowest BCUT2D eigenvalue weighted by Gasteiger charge is -2.37. The van der Waals surface area contributed by atoms with Gasteiger partial charge in [-0.25, -0.2) is 4.39 Å². The van der Waals surface area contributed by atoms with E-state index in [1.165, 1.54) is 12.5 Å². The third-order valence-electron chi connectivity index (χ3n) is 4.95. The fourth-order valence-corrected chi connectivity index (χ4v) is 3.76. The molecule has 0 bridgehead atoms. The van der Waals surface area contributed by atoms with Gasteiger partial charge in [0, 0.05) is 10.6 Å². The van der Waals surface area contributed by atoms with Gasteiger partial charge in [0.1, 0.15) is 5.82 Å². The van der Waals surface area contributed by atoms with Gasteiger partial charge in [-0.05, 0) is 68.0 Å². The average Bonchev–Trinajstić information content (AvgIpc) is 2.42. The average molecular weight is 298 g/mol. The number of hydrogen-bond acceptors (Lipinski definition) is 1. The molecule has 0 saturated heterocycles. The van der Waals surface area contributed by atoms with E-state index in [9.17, 15) is 4.39 Å². The zero-order valence-corrected chi connectivity index (χ0v) is 13.2. The lowest BCUT2D eigenvalue weighted by molar-refractivity contribution is 0.150. The first-order chi connectivity index (χ1) is 9.52. The zero-order valence-electron chi connectivity index (χ0n) is 12.4. The minimum absolute atomic E-state index is 0.181. The number of hydrogen-bond donors (Lipinski definition) is 1.